The summed E-state index contributed by atoms with van der Waals surface area (Å²) in [5.74, 6) is -1.06. The van der Waals surface area contributed by atoms with Gasteiger partial charge >= 0.3 is 5.97 Å². The SMILES string of the molecule is Cn1cc(C(C#N)SCC(=O)O)nn1. The number of aromatic nitrogens is 3. The van der Waals surface area contributed by atoms with Gasteiger partial charge in [0, 0.05) is 7.05 Å². The van der Waals surface area contributed by atoms with Crippen molar-refractivity contribution in [3.8, 4) is 6.07 Å². The largest absolute Gasteiger partial charge is 0.481 e. The number of rotatable bonds is 4. The van der Waals surface area contributed by atoms with Gasteiger partial charge in [0.2, 0.25) is 0 Å². The van der Waals surface area contributed by atoms with E-state index in [4.69, 9.17) is 10.4 Å². The molecule has 1 heterocycles. The van der Waals surface area contributed by atoms with Crippen LogP contribution in [-0.4, -0.2) is 31.8 Å². The molecule has 0 radical (unpaired) electrons. The first-order chi connectivity index (χ1) is 6.63. The molecule has 1 aromatic rings. The maximum atomic E-state index is 10.3. The molecule has 1 N–H and O–H groups in total. The molecule has 0 saturated heterocycles. The second-order valence-corrected chi connectivity index (χ2v) is 3.62. The molecule has 1 unspecified atom stereocenters. The van der Waals surface area contributed by atoms with Crippen LogP contribution in [0.3, 0.4) is 0 Å². The first-order valence-corrected chi connectivity index (χ1v) is 4.77. The second kappa shape index (κ2) is 4.62. The monoisotopic (exact) mass is 212 g/mol. The summed E-state index contributed by atoms with van der Waals surface area (Å²) in [7, 11) is 1.69. The van der Waals surface area contributed by atoms with Crippen LogP contribution in [-0.2, 0) is 11.8 Å². The van der Waals surface area contributed by atoms with E-state index in [0.717, 1.165) is 11.8 Å². The van der Waals surface area contributed by atoms with Crippen molar-refractivity contribution in [3.63, 3.8) is 0 Å². The van der Waals surface area contributed by atoms with Crippen molar-refractivity contribution < 1.29 is 9.90 Å². The smallest absolute Gasteiger partial charge is 0.313 e. The topological polar surface area (TPSA) is 91.8 Å². The fraction of sp³-hybridized carbons (Fsp3) is 0.429. The number of thioether (sulfide) groups is 1. The van der Waals surface area contributed by atoms with Crippen LogP contribution in [0.15, 0.2) is 6.20 Å². The van der Waals surface area contributed by atoms with E-state index in [1.54, 1.807) is 13.2 Å². The zero-order valence-corrected chi connectivity index (χ0v) is 8.23. The molecular weight excluding hydrogens is 204 g/mol. The third-order valence-corrected chi connectivity index (χ3v) is 2.47. The Balaban J connectivity index is 2.64. The van der Waals surface area contributed by atoms with E-state index in [0.29, 0.717) is 5.69 Å². The molecule has 1 atom stereocenters. The summed E-state index contributed by atoms with van der Waals surface area (Å²) in [6, 6.07) is 1.97. The normalized spacial score (nSPS) is 12.0. The highest BCUT2D eigenvalue weighted by Crippen LogP contribution is 2.25. The van der Waals surface area contributed by atoms with Gasteiger partial charge in [-0.2, -0.15) is 5.26 Å². The second-order valence-electron chi connectivity index (χ2n) is 2.53. The summed E-state index contributed by atoms with van der Waals surface area (Å²) in [6.45, 7) is 0. The molecule has 1 aromatic heterocycles. The molecule has 0 bridgehead atoms. The molecule has 7 heteroatoms. The summed E-state index contributed by atoms with van der Waals surface area (Å²) in [4.78, 5) is 10.3. The Labute approximate surface area is 84.5 Å². The summed E-state index contributed by atoms with van der Waals surface area (Å²) >= 11 is 1.02. The first-order valence-electron chi connectivity index (χ1n) is 3.72. The van der Waals surface area contributed by atoms with Gasteiger partial charge in [-0.15, -0.1) is 16.9 Å². The Kier molecular flexibility index (Phi) is 3.48. The predicted octanol–water partition coefficient (Wildman–Crippen LogP) is 0.198. The third-order valence-electron chi connectivity index (χ3n) is 1.38. The van der Waals surface area contributed by atoms with Crippen LogP contribution in [0.5, 0.6) is 0 Å². The molecule has 0 fully saturated rings. The van der Waals surface area contributed by atoms with E-state index < -0.39 is 11.2 Å². The van der Waals surface area contributed by atoms with Crippen LogP contribution in [0.2, 0.25) is 0 Å². The lowest BCUT2D eigenvalue weighted by Crippen LogP contribution is -2.01. The Morgan fingerprint density at radius 2 is 2.64 bits per heavy atom. The molecule has 0 amide bonds. The lowest BCUT2D eigenvalue weighted by atomic mass is 10.3. The maximum absolute atomic E-state index is 10.3. The molecule has 74 valence electrons. The Bertz CT molecular complexity index is 370. The number of hydrogen-bond acceptors (Lipinski definition) is 5. The van der Waals surface area contributed by atoms with E-state index in [1.807, 2.05) is 6.07 Å². The minimum Gasteiger partial charge on any atom is -0.481 e. The van der Waals surface area contributed by atoms with Crippen molar-refractivity contribution in [1.29, 1.82) is 5.26 Å². The van der Waals surface area contributed by atoms with E-state index >= 15 is 0 Å². The van der Waals surface area contributed by atoms with Gasteiger partial charge in [-0.25, -0.2) is 0 Å². The highest BCUT2D eigenvalue weighted by atomic mass is 32.2. The highest BCUT2D eigenvalue weighted by Gasteiger charge is 2.16. The van der Waals surface area contributed by atoms with Gasteiger partial charge in [-0.3, -0.25) is 9.48 Å². The molecule has 0 saturated carbocycles. The molecular formula is C7H8N4O2S. The minimum atomic E-state index is -0.945. The molecule has 1 rings (SSSR count). The molecule has 0 aliphatic rings. The van der Waals surface area contributed by atoms with Crippen molar-refractivity contribution in [2.45, 2.75) is 5.25 Å². The van der Waals surface area contributed by atoms with E-state index in [2.05, 4.69) is 10.3 Å². The van der Waals surface area contributed by atoms with Crippen molar-refractivity contribution in [1.82, 2.24) is 15.0 Å². The molecule has 0 aromatic carbocycles. The number of nitriles is 1. The Hall–Kier alpha value is -1.55. The lowest BCUT2D eigenvalue weighted by Gasteiger charge is -2.01. The molecule has 0 spiro atoms. The fourth-order valence-electron chi connectivity index (χ4n) is 0.829. The van der Waals surface area contributed by atoms with Crippen molar-refractivity contribution in [3.05, 3.63) is 11.9 Å². The Morgan fingerprint density at radius 3 is 3.07 bits per heavy atom. The number of aliphatic carboxylic acids is 1. The highest BCUT2D eigenvalue weighted by molar-refractivity contribution is 8.00. The van der Waals surface area contributed by atoms with Gasteiger partial charge in [-0.05, 0) is 0 Å². The number of carboxylic acid groups (broad SMARTS) is 1. The van der Waals surface area contributed by atoms with Gasteiger partial charge < -0.3 is 5.11 Å². The first kappa shape index (κ1) is 10.5. The molecule has 0 aliphatic heterocycles. The third kappa shape index (κ3) is 2.74. The maximum Gasteiger partial charge on any atom is 0.313 e. The standard InChI is InChI=1S/C7H8N4O2S/c1-11-3-5(9-10-11)6(2-8)14-4-7(12)13/h3,6H,4H2,1H3,(H,12,13). The zero-order valence-electron chi connectivity index (χ0n) is 7.41. The lowest BCUT2D eigenvalue weighted by molar-refractivity contribution is -0.133. The summed E-state index contributed by atoms with van der Waals surface area (Å²) in [5, 5.41) is 24.0. The van der Waals surface area contributed by atoms with Gasteiger partial charge in [0.15, 0.2) is 0 Å². The van der Waals surface area contributed by atoms with Crippen LogP contribution in [0, 0.1) is 11.3 Å². The number of hydrogen-bond donors (Lipinski definition) is 1. The number of nitrogens with zero attached hydrogens (tertiary/aromatic N) is 4. The predicted molar refractivity (Wildman–Crippen MR) is 49.5 cm³/mol. The van der Waals surface area contributed by atoms with Crippen LogP contribution < -0.4 is 0 Å². The van der Waals surface area contributed by atoms with Gasteiger partial charge in [0.05, 0.1) is 18.0 Å². The van der Waals surface area contributed by atoms with Gasteiger partial charge in [-0.1, -0.05) is 5.21 Å². The Morgan fingerprint density at radius 1 is 1.93 bits per heavy atom. The molecule has 0 aliphatic carbocycles. The van der Waals surface area contributed by atoms with E-state index in [-0.39, 0.29) is 5.75 Å². The van der Waals surface area contributed by atoms with Crippen LogP contribution >= 0.6 is 11.8 Å². The average Bonchev–Trinajstić information content (AvgIpc) is 2.53. The quantitative estimate of drug-likeness (QED) is 0.766. The average molecular weight is 212 g/mol. The van der Waals surface area contributed by atoms with Crippen molar-refractivity contribution in [2.75, 3.05) is 5.75 Å². The van der Waals surface area contributed by atoms with Crippen LogP contribution in [0.4, 0.5) is 0 Å². The summed E-state index contributed by atoms with van der Waals surface area (Å²) < 4.78 is 1.47. The van der Waals surface area contributed by atoms with Crippen molar-refractivity contribution >= 4 is 17.7 Å². The van der Waals surface area contributed by atoms with Gasteiger partial charge in [0.25, 0.3) is 0 Å². The van der Waals surface area contributed by atoms with Crippen molar-refractivity contribution in [2.24, 2.45) is 7.05 Å². The minimum absolute atomic E-state index is 0.116. The van der Waals surface area contributed by atoms with Crippen LogP contribution in [0.25, 0.3) is 0 Å². The molecule has 6 nitrogen and oxygen atoms in total. The summed E-state index contributed by atoms with van der Waals surface area (Å²) in [6.07, 6.45) is 1.60. The number of aryl methyl sites for hydroxylation is 1. The van der Waals surface area contributed by atoms with Gasteiger partial charge in [0.1, 0.15) is 10.9 Å². The molecule has 14 heavy (non-hydrogen) atoms. The van der Waals surface area contributed by atoms with E-state index in [9.17, 15) is 4.79 Å². The number of carbonyl (C=O) groups is 1. The zero-order chi connectivity index (χ0) is 10.6. The number of carboxylic acids is 1. The fourth-order valence-corrected chi connectivity index (χ4v) is 1.49. The van der Waals surface area contributed by atoms with Crippen LogP contribution in [0.1, 0.15) is 10.9 Å². The summed E-state index contributed by atoms with van der Waals surface area (Å²) in [5.41, 5.74) is 0.487. The van der Waals surface area contributed by atoms with E-state index in [1.165, 1.54) is 4.68 Å².